The summed E-state index contributed by atoms with van der Waals surface area (Å²) in [5.74, 6) is 0. The summed E-state index contributed by atoms with van der Waals surface area (Å²) in [4.78, 5) is 0. The first kappa shape index (κ1) is 76.5. The van der Waals surface area contributed by atoms with Crippen LogP contribution in [0.3, 0.4) is 0 Å². The molecule has 0 aliphatic heterocycles. The molecule has 0 unspecified atom stereocenters. The maximum absolute atomic E-state index is 2.33. The third kappa shape index (κ3) is 13.7. The largest absolute Gasteiger partial charge is 0.0616 e. The van der Waals surface area contributed by atoms with Crippen molar-refractivity contribution in [3.05, 3.63) is 470 Å². The second-order valence-corrected chi connectivity index (χ2v) is 34.4. The summed E-state index contributed by atoms with van der Waals surface area (Å²) in [5.41, 5.74) is 30.6. The van der Waals surface area contributed by atoms with E-state index in [1.54, 1.807) is 0 Å². The maximum atomic E-state index is 2.33. The van der Waals surface area contributed by atoms with E-state index in [9.17, 15) is 0 Å². The van der Waals surface area contributed by atoms with E-state index in [0.29, 0.717) is 0 Å². The van der Waals surface area contributed by atoms with Gasteiger partial charge < -0.3 is 0 Å². The summed E-state index contributed by atoms with van der Waals surface area (Å²) in [5, 5.41) is 30.8. The van der Waals surface area contributed by atoms with Crippen molar-refractivity contribution in [2.24, 2.45) is 0 Å². The van der Waals surface area contributed by atoms with Crippen LogP contribution in [-0.2, 0) is 0 Å². The van der Waals surface area contributed by atoms with E-state index < -0.39 is 0 Å². The average molecular weight is 1600 g/mol. The Balaban J connectivity index is 0.000000112. The lowest BCUT2D eigenvalue weighted by molar-refractivity contribution is 1.50. The fourth-order valence-corrected chi connectivity index (χ4v) is 20.3. The van der Waals surface area contributed by atoms with E-state index in [2.05, 4.69) is 478 Å². The van der Waals surface area contributed by atoms with Crippen LogP contribution in [0.2, 0.25) is 0 Å². The zero-order valence-electron chi connectivity index (χ0n) is 71.6. The van der Waals surface area contributed by atoms with Gasteiger partial charge in [0.15, 0.2) is 0 Å². The molecule has 24 aromatic carbocycles. The first-order chi connectivity index (χ1) is 62.0. The molecule has 0 nitrogen and oxygen atoms in total. The highest BCUT2D eigenvalue weighted by Gasteiger charge is 2.21. The third-order valence-electron chi connectivity index (χ3n) is 26.6. The Morgan fingerprint density at radius 1 is 0.103 bits per heavy atom. The molecule has 0 aliphatic rings. The average Bonchev–Trinajstić information content (AvgIpc) is 0.751. The minimum absolute atomic E-state index is 1.25. The van der Waals surface area contributed by atoms with Gasteiger partial charge in [-0.3, -0.25) is 0 Å². The first-order valence-corrected chi connectivity index (χ1v) is 44.1. The minimum atomic E-state index is 1.25. The third-order valence-corrected chi connectivity index (χ3v) is 26.6. The zero-order valence-corrected chi connectivity index (χ0v) is 71.6. The van der Waals surface area contributed by atoms with Crippen molar-refractivity contribution < 1.29 is 0 Å². The summed E-state index contributed by atoms with van der Waals surface area (Å²) >= 11 is 0. The van der Waals surface area contributed by atoms with Gasteiger partial charge in [-0.15, -0.1) is 0 Å². The predicted molar refractivity (Wildman–Crippen MR) is 547 cm³/mol. The topological polar surface area (TPSA) is 0 Å². The van der Waals surface area contributed by atoms with Crippen molar-refractivity contribution in [1.29, 1.82) is 0 Å². The van der Waals surface area contributed by atoms with Crippen molar-refractivity contribution >= 4 is 129 Å². The van der Waals surface area contributed by atoms with Crippen LogP contribution in [-0.4, -0.2) is 0 Å². The maximum Gasteiger partial charge on any atom is -0.00987 e. The molecule has 0 aliphatic carbocycles. The first-order valence-electron chi connectivity index (χ1n) is 44.1. The van der Waals surface area contributed by atoms with Gasteiger partial charge in [0.2, 0.25) is 0 Å². The number of aryl methyl sites for hydroxylation is 6. The van der Waals surface area contributed by atoms with Crippen LogP contribution >= 0.6 is 0 Å². The summed E-state index contributed by atoms with van der Waals surface area (Å²) in [7, 11) is 0. The Labute approximate surface area is 735 Å². The number of fused-ring (bicyclic) bond motifs is 12. The Morgan fingerprint density at radius 2 is 0.254 bits per heavy atom. The second-order valence-electron chi connectivity index (χ2n) is 34.4. The SMILES string of the molecule is Cc1ccc(-c2cccc3c(-c4ccc(-c5ccc(C)c6ccccc56)c5ccccc45)cccc23)c2ccccc12.Cc1ccc2cc(-c3ccc(-c4cccc5c(-c6ccc(C)c7ccccc67)cccc45)c4ccccc34)ccc2c1.Cc1ccc2cc(-c3cccc4c(-c5ccc(-c6ccc7cc(C)ccc7c6)c6ccccc56)cccc34)ccc2c1. The molecule has 0 saturated heterocycles. The van der Waals surface area contributed by atoms with Crippen LogP contribution in [0.1, 0.15) is 33.4 Å². The lowest BCUT2D eigenvalue weighted by Gasteiger charge is -2.17. The van der Waals surface area contributed by atoms with Gasteiger partial charge in [0.05, 0.1) is 0 Å². The normalized spacial score (nSPS) is 11.6. The fraction of sp³-hybridized carbons (Fsp3) is 0.0476. The quantitative estimate of drug-likeness (QED) is 0.135. The zero-order chi connectivity index (χ0) is 84.6. The number of benzene rings is 24. The standard InChI is InChI=1S/3C42H30/c1-27-21-23-39(31-13-5-3-11-29(27)31)37-19-9-18-36-35(37)17-10-20-38(36)41-25-26-42(34-16-8-7-15-33(34)41)40-24-22-28(2)30-12-4-6-14-32(30)40;1-27-13-15-31-25-33(19-17-29(31)23-27)35-9-5-11-40-38(35)10-6-12-41(40)42-22-21-36(37-7-3-4-8-39(37)42)34-20-18-30-24-28(2)14-16-32(30)26-34;1-27-17-19-30-26-31(21-20-29(30)25-27)33-23-24-42(36-12-6-5-11-35(33)36)40-16-8-13-37-38(40)14-7-15-39(37)41-22-18-28(2)32-9-3-4-10-34(32)41/h3*3-26H,1-2H3. The predicted octanol–water partition coefficient (Wildman–Crippen LogP) is 35.8. The van der Waals surface area contributed by atoms with E-state index >= 15 is 0 Å². The molecule has 24 aromatic rings. The lowest BCUT2D eigenvalue weighted by Crippen LogP contribution is -1.90. The van der Waals surface area contributed by atoms with Gasteiger partial charge in [0.1, 0.15) is 0 Å². The van der Waals surface area contributed by atoms with Gasteiger partial charge in [-0.1, -0.05) is 435 Å². The summed E-state index contributed by atoms with van der Waals surface area (Å²) < 4.78 is 0. The molecule has 0 saturated carbocycles. The highest BCUT2D eigenvalue weighted by atomic mass is 14.2. The molecule has 0 radical (unpaired) electrons. The smallest absolute Gasteiger partial charge is 0.00987 e. The highest BCUT2D eigenvalue weighted by Crippen LogP contribution is 2.48. The fourth-order valence-electron chi connectivity index (χ4n) is 20.3. The number of rotatable bonds is 9. The summed E-state index contributed by atoms with van der Waals surface area (Å²) in [6, 6.07) is 161. The van der Waals surface area contributed by atoms with Crippen molar-refractivity contribution in [2.45, 2.75) is 41.5 Å². The molecule has 24 rings (SSSR count). The minimum Gasteiger partial charge on any atom is -0.0616 e. The molecule has 0 atom stereocenters. The van der Waals surface area contributed by atoms with E-state index in [0.717, 1.165) is 0 Å². The molecule has 0 N–H and O–H groups in total. The molecule has 0 amide bonds. The van der Waals surface area contributed by atoms with Crippen LogP contribution in [0.5, 0.6) is 0 Å². The van der Waals surface area contributed by atoms with Gasteiger partial charge in [-0.25, -0.2) is 0 Å². The van der Waals surface area contributed by atoms with Gasteiger partial charge in [0, 0.05) is 0 Å². The molecular weight excluding hydrogens is 1510 g/mol. The van der Waals surface area contributed by atoms with Gasteiger partial charge >= 0.3 is 0 Å². The highest BCUT2D eigenvalue weighted by molar-refractivity contribution is 6.19. The van der Waals surface area contributed by atoms with E-state index in [1.165, 1.54) is 263 Å². The molecule has 0 fully saturated rings. The molecule has 0 heteroatoms. The van der Waals surface area contributed by atoms with E-state index in [1.807, 2.05) is 0 Å². The number of hydrogen-bond acceptors (Lipinski definition) is 0. The summed E-state index contributed by atoms with van der Waals surface area (Å²) in [6.45, 7) is 13.0. The van der Waals surface area contributed by atoms with Crippen LogP contribution in [0, 0.1) is 41.5 Å². The number of hydrogen-bond donors (Lipinski definition) is 0. The molecule has 0 aromatic heterocycles. The van der Waals surface area contributed by atoms with Gasteiger partial charge in [-0.2, -0.15) is 0 Å². The van der Waals surface area contributed by atoms with Gasteiger partial charge in [-0.05, 0) is 306 Å². The molecular formula is C126H90. The van der Waals surface area contributed by atoms with E-state index in [4.69, 9.17) is 0 Å². The molecule has 594 valence electrons. The molecule has 126 heavy (non-hydrogen) atoms. The Morgan fingerprint density at radius 3 is 0.492 bits per heavy atom. The van der Waals surface area contributed by atoms with Crippen LogP contribution in [0.4, 0.5) is 0 Å². The molecule has 0 heterocycles. The Hall–Kier alpha value is -15.6. The Bertz CT molecular complexity index is 8300. The van der Waals surface area contributed by atoms with Crippen molar-refractivity contribution in [2.75, 3.05) is 0 Å². The molecule has 0 bridgehead atoms. The summed E-state index contributed by atoms with van der Waals surface area (Å²) in [6.07, 6.45) is 0. The lowest BCUT2D eigenvalue weighted by atomic mass is 9.86. The van der Waals surface area contributed by atoms with Crippen LogP contribution < -0.4 is 0 Å². The second kappa shape index (κ2) is 32.0. The van der Waals surface area contributed by atoms with E-state index in [-0.39, 0.29) is 0 Å². The van der Waals surface area contributed by atoms with Crippen molar-refractivity contribution in [3.63, 3.8) is 0 Å². The van der Waals surface area contributed by atoms with Crippen LogP contribution in [0.15, 0.2) is 437 Å². The molecule has 0 spiro atoms. The van der Waals surface area contributed by atoms with Crippen molar-refractivity contribution in [3.8, 4) is 100 Å². The monoisotopic (exact) mass is 1600 g/mol. The Kier molecular flexibility index (Phi) is 19.4. The van der Waals surface area contributed by atoms with Crippen LogP contribution in [0.25, 0.3) is 229 Å². The van der Waals surface area contributed by atoms with Crippen molar-refractivity contribution in [1.82, 2.24) is 0 Å². The van der Waals surface area contributed by atoms with Gasteiger partial charge in [0.25, 0.3) is 0 Å².